The van der Waals surface area contributed by atoms with Crippen molar-refractivity contribution in [1.82, 2.24) is 0 Å². The van der Waals surface area contributed by atoms with Gasteiger partial charge in [-0.1, -0.05) is 32.0 Å². The van der Waals surface area contributed by atoms with E-state index >= 15 is 0 Å². The van der Waals surface area contributed by atoms with Crippen molar-refractivity contribution < 1.29 is 19.1 Å². The molecule has 0 unspecified atom stereocenters. The summed E-state index contributed by atoms with van der Waals surface area (Å²) in [4.78, 5) is 35.5. The third kappa shape index (κ3) is 5.17. The average Bonchev–Trinajstić information content (AvgIpc) is 2.64. The van der Waals surface area contributed by atoms with E-state index in [4.69, 9.17) is 4.74 Å². The molecule has 0 atom stereocenters. The van der Waals surface area contributed by atoms with E-state index in [1.54, 1.807) is 50.2 Å². The van der Waals surface area contributed by atoms with Gasteiger partial charge in [-0.05, 0) is 24.3 Å². The predicted octanol–water partition coefficient (Wildman–Crippen LogP) is 3.60. The minimum Gasteiger partial charge on any atom is -0.424 e. The summed E-state index contributed by atoms with van der Waals surface area (Å²) in [5.41, 5.74) is 1.33. The predicted molar refractivity (Wildman–Crippen MR) is 95.7 cm³/mol. The molecule has 0 fully saturated rings. The summed E-state index contributed by atoms with van der Waals surface area (Å²) in [5.74, 6) is -0.729. The second-order valence-electron chi connectivity index (χ2n) is 5.26. The van der Waals surface area contributed by atoms with Gasteiger partial charge in [-0.2, -0.15) is 0 Å². The Morgan fingerprint density at radius 2 is 1.64 bits per heavy atom. The van der Waals surface area contributed by atoms with Crippen molar-refractivity contribution >= 4 is 29.2 Å². The van der Waals surface area contributed by atoms with Crippen molar-refractivity contribution in [3.05, 3.63) is 54.1 Å². The molecule has 6 nitrogen and oxygen atoms in total. The molecule has 0 aliphatic heterocycles. The number of carbonyl (C=O) groups is 3. The van der Waals surface area contributed by atoms with Crippen molar-refractivity contribution in [3.63, 3.8) is 0 Å². The van der Waals surface area contributed by atoms with E-state index in [1.807, 2.05) is 6.07 Å². The van der Waals surface area contributed by atoms with Crippen LogP contribution < -0.4 is 15.4 Å². The highest BCUT2D eigenvalue weighted by Gasteiger charge is 2.14. The Kier molecular flexibility index (Phi) is 6.28. The zero-order chi connectivity index (χ0) is 18.2. The number of nitrogens with one attached hydrogen (secondary N) is 2. The first kappa shape index (κ1) is 18.2. The van der Waals surface area contributed by atoms with Crippen LogP contribution in [-0.4, -0.2) is 17.8 Å². The Morgan fingerprint density at radius 1 is 0.920 bits per heavy atom. The van der Waals surface area contributed by atoms with Crippen LogP contribution in [0.1, 0.15) is 37.0 Å². The molecule has 0 bridgehead atoms. The molecule has 0 heterocycles. The van der Waals surface area contributed by atoms with Gasteiger partial charge in [0.15, 0.2) is 5.75 Å². The number of benzene rings is 2. The third-order valence-corrected chi connectivity index (χ3v) is 3.38. The van der Waals surface area contributed by atoms with Crippen molar-refractivity contribution in [2.24, 2.45) is 0 Å². The number of esters is 1. The van der Waals surface area contributed by atoms with Crippen LogP contribution in [0.25, 0.3) is 0 Å². The summed E-state index contributed by atoms with van der Waals surface area (Å²) in [6, 6.07) is 13.4. The molecule has 25 heavy (non-hydrogen) atoms. The van der Waals surface area contributed by atoms with E-state index in [9.17, 15) is 14.4 Å². The fraction of sp³-hybridized carbons (Fsp3) is 0.211. The average molecular weight is 340 g/mol. The molecule has 0 spiro atoms. The molecule has 0 radical (unpaired) electrons. The molecule has 6 heteroatoms. The summed E-state index contributed by atoms with van der Waals surface area (Å²) >= 11 is 0. The molecule has 0 aliphatic carbocycles. The highest BCUT2D eigenvalue weighted by atomic mass is 16.5. The Balaban J connectivity index is 2.27. The minimum absolute atomic E-state index is 0.158. The fourth-order valence-electron chi connectivity index (χ4n) is 2.02. The summed E-state index contributed by atoms with van der Waals surface area (Å²) < 4.78 is 5.28. The van der Waals surface area contributed by atoms with E-state index in [1.165, 1.54) is 6.07 Å². The number of hydrogen-bond donors (Lipinski definition) is 2. The molecular formula is C19H20N2O4. The largest absolute Gasteiger partial charge is 0.424 e. The zero-order valence-electron chi connectivity index (χ0n) is 14.2. The maximum Gasteiger partial charge on any atom is 0.310 e. The minimum atomic E-state index is -0.436. The second kappa shape index (κ2) is 8.63. The quantitative estimate of drug-likeness (QED) is 0.621. The van der Waals surface area contributed by atoms with Gasteiger partial charge in [-0.15, -0.1) is 0 Å². The number of anilines is 2. The molecule has 0 aromatic heterocycles. The van der Waals surface area contributed by atoms with Crippen LogP contribution >= 0.6 is 0 Å². The van der Waals surface area contributed by atoms with Crippen molar-refractivity contribution in [2.75, 3.05) is 10.6 Å². The van der Waals surface area contributed by atoms with Crippen LogP contribution in [0.15, 0.2) is 48.5 Å². The van der Waals surface area contributed by atoms with Crippen LogP contribution in [0.2, 0.25) is 0 Å². The van der Waals surface area contributed by atoms with Gasteiger partial charge >= 0.3 is 5.97 Å². The Bertz CT molecular complexity index is 772. The molecule has 0 saturated heterocycles. The standard InChI is InChI=1S/C19H20N2O4/c1-3-17(22)20-14-10-11-15(16(12-14)25-18(23)4-2)21-19(24)13-8-6-5-7-9-13/h5-12H,3-4H2,1-2H3,(H,20,22)(H,21,24). The molecule has 2 rings (SSSR count). The van der Waals surface area contributed by atoms with E-state index in [0.29, 0.717) is 23.4 Å². The maximum absolute atomic E-state index is 12.3. The Morgan fingerprint density at radius 3 is 2.28 bits per heavy atom. The summed E-state index contributed by atoms with van der Waals surface area (Å²) in [6.45, 7) is 3.41. The van der Waals surface area contributed by atoms with Gasteiger partial charge in [-0.3, -0.25) is 14.4 Å². The molecule has 0 saturated carbocycles. The lowest BCUT2D eigenvalue weighted by molar-refractivity contribution is -0.134. The van der Waals surface area contributed by atoms with Crippen LogP contribution in [0.4, 0.5) is 11.4 Å². The van der Waals surface area contributed by atoms with Crippen molar-refractivity contribution in [1.29, 1.82) is 0 Å². The summed E-state index contributed by atoms with van der Waals surface area (Å²) in [5, 5.41) is 5.41. The smallest absolute Gasteiger partial charge is 0.310 e. The van der Waals surface area contributed by atoms with Crippen LogP contribution in [0.3, 0.4) is 0 Å². The monoisotopic (exact) mass is 340 g/mol. The number of carbonyl (C=O) groups excluding carboxylic acids is 3. The fourth-order valence-corrected chi connectivity index (χ4v) is 2.02. The van der Waals surface area contributed by atoms with Gasteiger partial charge < -0.3 is 15.4 Å². The van der Waals surface area contributed by atoms with Gasteiger partial charge in [0.25, 0.3) is 5.91 Å². The van der Waals surface area contributed by atoms with E-state index in [2.05, 4.69) is 10.6 Å². The molecule has 130 valence electrons. The molecular weight excluding hydrogens is 320 g/mol. The highest BCUT2D eigenvalue weighted by molar-refractivity contribution is 6.05. The highest BCUT2D eigenvalue weighted by Crippen LogP contribution is 2.29. The van der Waals surface area contributed by atoms with Crippen molar-refractivity contribution in [3.8, 4) is 5.75 Å². The molecule has 2 aromatic rings. The van der Waals surface area contributed by atoms with E-state index in [-0.39, 0.29) is 24.0 Å². The lowest BCUT2D eigenvalue weighted by Crippen LogP contribution is -2.15. The summed E-state index contributed by atoms with van der Waals surface area (Å²) in [7, 11) is 0. The first-order valence-corrected chi connectivity index (χ1v) is 8.04. The number of hydrogen-bond acceptors (Lipinski definition) is 4. The van der Waals surface area contributed by atoms with Gasteiger partial charge in [-0.25, -0.2) is 0 Å². The number of rotatable bonds is 6. The first-order chi connectivity index (χ1) is 12.0. The number of ether oxygens (including phenoxy) is 1. The molecule has 2 N–H and O–H groups in total. The maximum atomic E-state index is 12.3. The van der Waals surface area contributed by atoms with Gasteiger partial charge in [0.05, 0.1) is 5.69 Å². The van der Waals surface area contributed by atoms with Crippen molar-refractivity contribution in [2.45, 2.75) is 26.7 Å². The zero-order valence-corrected chi connectivity index (χ0v) is 14.2. The van der Waals surface area contributed by atoms with Crippen LogP contribution in [0, 0.1) is 0 Å². The van der Waals surface area contributed by atoms with E-state index < -0.39 is 5.97 Å². The van der Waals surface area contributed by atoms with Crippen LogP contribution in [-0.2, 0) is 9.59 Å². The second-order valence-corrected chi connectivity index (χ2v) is 5.26. The van der Waals surface area contributed by atoms with E-state index in [0.717, 1.165) is 0 Å². The van der Waals surface area contributed by atoms with Gasteiger partial charge in [0.2, 0.25) is 5.91 Å². The molecule has 0 aliphatic rings. The number of amides is 2. The molecule has 2 amide bonds. The lowest BCUT2D eigenvalue weighted by Gasteiger charge is -2.13. The lowest BCUT2D eigenvalue weighted by atomic mass is 10.2. The first-order valence-electron chi connectivity index (χ1n) is 8.04. The Labute approximate surface area is 146 Å². The van der Waals surface area contributed by atoms with Gasteiger partial charge in [0.1, 0.15) is 0 Å². The normalized spacial score (nSPS) is 10.0. The van der Waals surface area contributed by atoms with Gasteiger partial charge in [0, 0.05) is 30.2 Å². The summed E-state index contributed by atoms with van der Waals surface area (Å²) in [6.07, 6.45) is 0.522. The Hall–Kier alpha value is -3.15. The third-order valence-electron chi connectivity index (χ3n) is 3.38. The topological polar surface area (TPSA) is 84.5 Å². The van der Waals surface area contributed by atoms with Crippen LogP contribution in [0.5, 0.6) is 5.75 Å². The molecule has 2 aromatic carbocycles. The SMILES string of the molecule is CCC(=O)Nc1ccc(NC(=O)c2ccccc2)c(OC(=O)CC)c1.